The van der Waals surface area contributed by atoms with E-state index >= 15 is 0 Å². The Balaban J connectivity index is 2.60. The molecule has 3 heteroatoms. The third-order valence-electron chi connectivity index (χ3n) is 1.38. The van der Waals surface area contributed by atoms with Crippen molar-refractivity contribution in [1.82, 2.24) is 4.98 Å². The highest BCUT2D eigenvalue weighted by atomic mass is 15.0. The highest BCUT2D eigenvalue weighted by Crippen LogP contribution is 2.03. The summed E-state index contributed by atoms with van der Waals surface area (Å²) in [7, 11) is 0. The number of nitrogens with zero attached hydrogens (tertiary/aromatic N) is 2. The number of nitrogens with one attached hydrogen (secondary N) is 1. The SMILES string of the molecule is [CH2]CCNc1ccc(C#N)cn1. The van der Waals surface area contributed by atoms with Gasteiger partial charge in [-0.15, -0.1) is 0 Å². The highest BCUT2D eigenvalue weighted by Gasteiger charge is 1.92. The zero-order chi connectivity index (χ0) is 8.81. The van der Waals surface area contributed by atoms with Crippen LogP contribution >= 0.6 is 0 Å². The maximum atomic E-state index is 8.48. The van der Waals surface area contributed by atoms with Gasteiger partial charge in [0.1, 0.15) is 11.9 Å². The van der Waals surface area contributed by atoms with Crippen molar-refractivity contribution in [3.05, 3.63) is 30.8 Å². The Kier molecular flexibility index (Phi) is 3.09. The molecule has 12 heavy (non-hydrogen) atoms. The first-order valence-electron chi connectivity index (χ1n) is 3.76. The first kappa shape index (κ1) is 8.54. The Bertz CT molecular complexity index is 271. The monoisotopic (exact) mass is 160 g/mol. The summed E-state index contributed by atoms with van der Waals surface area (Å²) in [5, 5.41) is 11.5. The van der Waals surface area contributed by atoms with Crippen molar-refractivity contribution < 1.29 is 0 Å². The van der Waals surface area contributed by atoms with E-state index in [4.69, 9.17) is 5.26 Å². The number of pyridine rings is 1. The molecule has 0 amide bonds. The molecule has 3 nitrogen and oxygen atoms in total. The van der Waals surface area contributed by atoms with Gasteiger partial charge < -0.3 is 5.32 Å². The zero-order valence-corrected chi connectivity index (χ0v) is 6.75. The number of aromatic nitrogens is 1. The molecular weight excluding hydrogens is 150 g/mol. The Morgan fingerprint density at radius 2 is 2.42 bits per heavy atom. The second-order valence-corrected chi connectivity index (χ2v) is 2.32. The summed E-state index contributed by atoms with van der Waals surface area (Å²) in [5.41, 5.74) is 0.579. The van der Waals surface area contributed by atoms with Gasteiger partial charge in [0.05, 0.1) is 5.56 Å². The molecular formula is C9H10N3. The fourth-order valence-corrected chi connectivity index (χ4v) is 0.781. The maximum absolute atomic E-state index is 8.48. The number of anilines is 1. The van der Waals surface area contributed by atoms with Gasteiger partial charge in [-0.1, -0.05) is 6.92 Å². The Morgan fingerprint density at radius 1 is 1.58 bits per heavy atom. The van der Waals surface area contributed by atoms with E-state index in [2.05, 4.69) is 17.2 Å². The standard InChI is InChI=1S/C9H10N3/c1-2-5-11-9-4-3-8(6-10)7-12-9/h3-4,7H,1-2,5H2,(H,11,12). The van der Waals surface area contributed by atoms with Crippen molar-refractivity contribution in [2.24, 2.45) is 0 Å². The van der Waals surface area contributed by atoms with Crippen LogP contribution in [0.5, 0.6) is 0 Å². The van der Waals surface area contributed by atoms with Crippen LogP contribution in [0.15, 0.2) is 18.3 Å². The van der Waals surface area contributed by atoms with Crippen LogP contribution < -0.4 is 5.32 Å². The fourth-order valence-electron chi connectivity index (χ4n) is 0.781. The number of hydrogen-bond donors (Lipinski definition) is 1. The first-order chi connectivity index (χ1) is 5.86. The molecule has 0 aliphatic carbocycles. The lowest BCUT2D eigenvalue weighted by atomic mass is 10.3. The van der Waals surface area contributed by atoms with Gasteiger partial charge in [0.15, 0.2) is 0 Å². The zero-order valence-electron chi connectivity index (χ0n) is 6.75. The van der Waals surface area contributed by atoms with Crippen molar-refractivity contribution in [1.29, 1.82) is 5.26 Å². The smallest absolute Gasteiger partial charge is 0.125 e. The largest absolute Gasteiger partial charge is 0.370 e. The van der Waals surface area contributed by atoms with Gasteiger partial charge in [-0.3, -0.25) is 0 Å². The number of hydrogen-bond acceptors (Lipinski definition) is 3. The van der Waals surface area contributed by atoms with Gasteiger partial charge in [-0.2, -0.15) is 5.26 Å². The van der Waals surface area contributed by atoms with Crippen LogP contribution in [0.1, 0.15) is 12.0 Å². The lowest BCUT2D eigenvalue weighted by molar-refractivity contribution is 1.05. The number of nitriles is 1. The third kappa shape index (κ3) is 2.24. The molecule has 1 N–H and O–H groups in total. The van der Waals surface area contributed by atoms with Gasteiger partial charge in [-0.25, -0.2) is 4.98 Å². The van der Waals surface area contributed by atoms with Gasteiger partial charge >= 0.3 is 0 Å². The van der Waals surface area contributed by atoms with E-state index in [1.165, 1.54) is 0 Å². The maximum Gasteiger partial charge on any atom is 0.125 e. The molecule has 1 radical (unpaired) electrons. The minimum atomic E-state index is 0.579. The molecule has 0 unspecified atom stereocenters. The summed E-state index contributed by atoms with van der Waals surface area (Å²) < 4.78 is 0. The minimum Gasteiger partial charge on any atom is -0.370 e. The van der Waals surface area contributed by atoms with Crippen molar-refractivity contribution in [3.8, 4) is 6.07 Å². The average molecular weight is 160 g/mol. The van der Waals surface area contributed by atoms with Crippen LogP contribution in [0.3, 0.4) is 0 Å². The average Bonchev–Trinajstić information content (AvgIpc) is 2.15. The molecule has 0 atom stereocenters. The summed E-state index contributed by atoms with van der Waals surface area (Å²) in [5.74, 6) is 0.789. The van der Waals surface area contributed by atoms with Crippen LogP contribution in [0.2, 0.25) is 0 Å². The minimum absolute atomic E-state index is 0.579. The Labute approximate surface area is 72.1 Å². The van der Waals surface area contributed by atoms with Crippen LogP contribution in [-0.4, -0.2) is 11.5 Å². The van der Waals surface area contributed by atoms with Crippen LogP contribution in [-0.2, 0) is 0 Å². The lowest BCUT2D eigenvalue weighted by Gasteiger charge is -2.01. The summed E-state index contributed by atoms with van der Waals surface area (Å²) in [6.45, 7) is 4.50. The van der Waals surface area contributed by atoms with E-state index in [1.54, 1.807) is 18.3 Å². The van der Waals surface area contributed by atoms with E-state index < -0.39 is 0 Å². The summed E-state index contributed by atoms with van der Waals surface area (Å²) in [4.78, 5) is 4.03. The molecule has 1 aromatic heterocycles. The Hall–Kier alpha value is -1.56. The third-order valence-corrected chi connectivity index (χ3v) is 1.38. The number of rotatable bonds is 3. The molecule has 0 saturated heterocycles. The summed E-state index contributed by atoms with van der Waals surface area (Å²) in [6.07, 6.45) is 2.37. The predicted molar refractivity (Wildman–Crippen MR) is 47.4 cm³/mol. The molecule has 0 aromatic carbocycles. The van der Waals surface area contributed by atoms with E-state index in [-0.39, 0.29) is 0 Å². The molecule has 1 aromatic rings. The topological polar surface area (TPSA) is 48.7 Å². The normalized spacial score (nSPS) is 9.00. The quantitative estimate of drug-likeness (QED) is 0.730. The van der Waals surface area contributed by atoms with Crippen LogP contribution in [0.25, 0.3) is 0 Å². The molecule has 0 saturated carbocycles. The molecule has 0 bridgehead atoms. The van der Waals surface area contributed by atoms with Gasteiger partial charge in [0.2, 0.25) is 0 Å². The van der Waals surface area contributed by atoms with Crippen LogP contribution in [0.4, 0.5) is 5.82 Å². The van der Waals surface area contributed by atoms with E-state index in [9.17, 15) is 0 Å². The van der Waals surface area contributed by atoms with Gasteiger partial charge in [0.25, 0.3) is 0 Å². The second-order valence-electron chi connectivity index (χ2n) is 2.32. The highest BCUT2D eigenvalue weighted by molar-refractivity contribution is 5.38. The van der Waals surface area contributed by atoms with Gasteiger partial charge in [-0.05, 0) is 18.6 Å². The van der Waals surface area contributed by atoms with E-state index in [0.29, 0.717) is 5.56 Å². The lowest BCUT2D eigenvalue weighted by Crippen LogP contribution is -2.01. The fraction of sp³-hybridized carbons (Fsp3) is 0.222. The van der Waals surface area contributed by atoms with Crippen molar-refractivity contribution in [3.63, 3.8) is 0 Å². The molecule has 61 valence electrons. The molecule has 0 aliphatic rings. The molecule has 0 fully saturated rings. The molecule has 0 spiro atoms. The van der Waals surface area contributed by atoms with Crippen molar-refractivity contribution >= 4 is 5.82 Å². The van der Waals surface area contributed by atoms with Crippen molar-refractivity contribution in [2.45, 2.75) is 6.42 Å². The first-order valence-corrected chi connectivity index (χ1v) is 3.76. The molecule has 1 rings (SSSR count). The summed E-state index contributed by atoms with van der Waals surface area (Å²) >= 11 is 0. The molecule has 0 aliphatic heterocycles. The molecule has 1 heterocycles. The summed E-state index contributed by atoms with van der Waals surface area (Å²) in [6, 6.07) is 5.53. The van der Waals surface area contributed by atoms with E-state index in [1.807, 2.05) is 6.07 Å². The Morgan fingerprint density at radius 3 is 2.92 bits per heavy atom. The predicted octanol–water partition coefficient (Wildman–Crippen LogP) is 1.59. The van der Waals surface area contributed by atoms with E-state index in [0.717, 1.165) is 18.8 Å². The van der Waals surface area contributed by atoms with Crippen molar-refractivity contribution in [2.75, 3.05) is 11.9 Å². The van der Waals surface area contributed by atoms with Crippen LogP contribution in [0, 0.1) is 18.3 Å². The van der Waals surface area contributed by atoms with Gasteiger partial charge in [0, 0.05) is 12.7 Å². The second kappa shape index (κ2) is 4.35.